The van der Waals surface area contributed by atoms with E-state index in [2.05, 4.69) is 39.5 Å². The van der Waals surface area contributed by atoms with E-state index in [1.165, 1.54) is 0 Å². The molecule has 1 atom stereocenters. The molecule has 0 radical (unpaired) electrons. The first-order valence-electron chi connectivity index (χ1n) is 8.19. The van der Waals surface area contributed by atoms with Gasteiger partial charge in [0.25, 0.3) is 0 Å². The lowest BCUT2D eigenvalue weighted by Crippen LogP contribution is -2.12. The molecule has 3 heteroatoms. The molecule has 23 heavy (non-hydrogen) atoms. The number of allylic oxidation sites excluding steroid dienone is 1. The van der Waals surface area contributed by atoms with Gasteiger partial charge in [-0.3, -0.25) is 0 Å². The summed E-state index contributed by atoms with van der Waals surface area (Å²) in [4.78, 5) is 0. The molecule has 0 aliphatic carbocycles. The number of rotatable bonds is 5. The lowest BCUT2D eigenvalue weighted by atomic mass is 9.97. The average molecular weight is 333 g/mol. The Kier molecular flexibility index (Phi) is 6.16. The summed E-state index contributed by atoms with van der Waals surface area (Å²) in [6.07, 6.45) is 2.64. The molecular formula is C20H25ClO2. The zero-order chi connectivity index (χ0) is 16.9. The molecule has 2 rings (SSSR count). The Morgan fingerprint density at radius 3 is 2.57 bits per heavy atom. The third-order valence-corrected chi connectivity index (χ3v) is 3.69. The van der Waals surface area contributed by atoms with Crippen LogP contribution >= 0.6 is 11.6 Å². The van der Waals surface area contributed by atoms with E-state index in [9.17, 15) is 0 Å². The van der Waals surface area contributed by atoms with Crippen LogP contribution in [0.3, 0.4) is 0 Å². The molecule has 1 aliphatic heterocycles. The largest absolute Gasteiger partial charge is 0.456 e. The van der Waals surface area contributed by atoms with Gasteiger partial charge in [0.05, 0.1) is 6.61 Å². The lowest BCUT2D eigenvalue weighted by Gasteiger charge is -2.12. The molecule has 0 N–H and O–H groups in total. The molecule has 1 aromatic rings. The fourth-order valence-corrected chi connectivity index (χ4v) is 2.33. The maximum absolute atomic E-state index is 5.99. The minimum atomic E-state index is -0.239. The van der Waals surface area contributed by atoms with Crippen LogP contribution in [0.5, 0.6) is 0 Å². The number of ether oxygens (including phenoxy) is 2. The lowest BCUT2D eigenvalue weighted by molar-refractivity contribution is -0.0971. The monoisotopic (exact) mass is 332 g/mol. The van der Waals surface area contributed by atoms with E-state index in [1.54, 1.807) is 0 Å². The minimum absolute atomic E-state index is 0.0668. The van der Waals surface area contributed by atoms with Gasteiger partial charge in [0.2, 0.25) is 6.29 Å². The Morgan fingerprint density at radius 2 is 1.96 bits per heavy atom. The number of hydrogen-bond donors (Lipinski definition) is 0. The first-order valence-corrected chi connectivity index (χ1v) is 8.57. The molecule has 2 nitrogen and oxygen atoms in total. The van der Waals surface area contributed by atoms with Crippen LogP contribution in [0.25, 0.3) is 5.57 Å². The Hall–Kier alpha value is -1.43. The maximum Gasteiger partial charge on any atom is 0.204 e. The Balaban J connectivity index is 2.22. The van der Waals surface area contributed by atoms with Crippen LogP contribution in [-0.2, 0) is 9.47 Å². The molecule has 1 heterocycles. The molecule has 0 saturated heterocycles. The van der Waals surface area contributed by atoms with Crippen LogP contribution in [-0.4, -0.2) is 12.9 Å². The number of unbranched alkanes of at least 4 members (excludes halogenated alkanes) is 1. The quantitative estimate of drug-likeness (QED) is 0.511. The molecule has 1 aromatic carbocycles. The third kappa shape index (κ3) is 5.61. The maximum atomic E-state index is 5.99. The van der Waals surface area contributed by atoms with Gasteiger partial charge in [-0.2, -0.15) is 0 Å². The van der Waals surface area contributed by atoms with Gasteiger partial charge in [-0.1, -0.05) is 43.0 Å². The predicted molar refractivity (Wildman–Crippen MR) is 96.0 cm³/mol. The van der Waals surface area contributed by atoms with E-state index in [0.29, 0.717) is 0 Å². The number of halogens is 1. The summed E-state index contributed by atoms with van der Waals surface area (Å²) in [5.74, 6) is 7.17. The molecule has 1 aliphatic rings. The van der Waals surface area contributed by atoms with Crippen molar-refractivity contribution in [2.45, 2.75) is 53.2 Å². The second-order valence-corrected chi connectivity index (χ2v) is 7.23. The Morgan fingerprint density at radius 1 is 1.26 bits per heavy atom. The van der Waals surface area contributed by atoms with Gasteiger partial charge in [0.15, 0.2) is 5.76 Å². The first kappa shape index (κ1) is 17.9. The highest BCUT2D eigenvalue weighted by molar-refractivity contribution is 6.30. The van der Waals surface area contributed by atoms with Gasteiger partial charge in [-0.05, 0) is 50.8 Å². The topological polar surface area (TPSA) is 18.5 Å². The predicted octanol–water partition coefficient (Wildman–Crippen LogP) is 5.66. The average Bonchev–Trinajstić information content (AvgIpc) is 2.89. The zero-order valence-electron chi connectivity index (χ0n) is 14.4. The van der Waals surface area contributed by atoms with E-state index in [1.807, 2.05) is 24.3 Å². The highest BCUT2D eigenvalue weighted by Crippen LogP contribution is 2.34. The highest BCUT2D eigenvalue weighted by atomic mass is 35.5. The first-order chi connectivity index (χ1) is 10.9. The van der Waals surface area contributed by atoms with Crippen molar-refractivity contribution >= 4 is 17.2 Å². The molecular weight excluding hydrogens is 308 g/mol. The number of benzene rings is 1. The van der Waals surface area contributed by atoms with E-state index >= 15 is 0 Å². The van der Waals surface area contributed by atoms with Crippen molar-refractivity contribution in [3.8, 4) is 11.8 Å². The van der Waals surface area contributed by atoms with E-state index in [0.717, 1.165) is 47.8 Å². The van der Waals surface area contributed by atoms with Gasteiger partial charge in [0.1, 0.15) is 0 Å². The van der Waals surface area contributed by atoms with E-state index in [4.69, 9.17) is 21.1 Å². The Bertz CT molecular complexity index is 612. The second kappa shape index (κ2) is 7.90. The molecule has 1 unspecified atom stereocenters. The summed E-state index contributed by atoms with van der Waals surface area (Å²) in [5.41, 5.74) is 2.12. The van der Waals surface area contributed by atoms with Crippen LogP contribution in [0.4, 0.5) is 0 Å². The molecule has 0 saturated carbocycles. The van der Waals surface area contributed by atoms with Crippen molar-refractivity contribution in [1.82, 2.24) is 0 Å². The van der Waals surface area contributed by atoms with E-state index in [-0.39, 0.29) is 11.7 Å². The molecule has 0 fully saturated rings. The van der Waals surface area contributed by atoms with Crippen molar-refractivity contribution in [2.75, 3.05) is 6.61 Å². The molecule has 0 amide bonds. The second-order valence-electron chi connectivity index (χ2n) is 6.79. The van der Waals surface area contributed by atoms with Gasteiger partial charge < -0.3 is 9.47 Å². The van der Waals surface area contributed by atoms with E-state index < -0.39 is 0 Å². The highest BCUT2D eigenvalue weighted by Gasteiger charge is 2.26. The molecule has 124 valence electrons. The summed E-state index contributed by atoms with van der Waals surface area (Å²) in [7, 11) is 0. The van der Waals surface area contributed by atoms with Crippen molar-refractivity contribution in [3.63, 3.8) is 0 Å². The summed E-state index contributed by atoms with van der Waals surface area (Å²) in [6.45, 7) is 9.14. The van der Waals surface area contributed by atoms with Crippen LogP contribution in [0.2, 0.25) is 5.02 Å². The van der Waals surface area contributed by atoms with Gasteiger partial charge in [-0.15, -0.1) is 0 Å². The fourth-order valence-electron chi connectivity index (χ4n) is 2.20. The SMILES string of the molecule is CCCCOC1CC(c2ccc(Cl)cc2)=C(C#CC(C)(C)C)O1. The Labute approximate surface area is 144 Å². The van der Waals surface area contributed by atoms with Gasteiger partial charge in [-0.25, -0.2) is 0 Å². The van der Waals surface area contributed by atoms with Crippen molar-refractivity contribution in [1.29, 1.82) is 0 Å². The van der Waals surface area contributed by atoms with Gasteiger partial charge in [0, 0.05) is 22.4 Å². The summed E-state index contributed by atoms with van der Waals surface area (Å²) >= 11 is 5.99. The van der Waals surface area contributed by atoms with Gasteiger partial charge >= 0.3 is 0 Å². The van der Waals surface area contributed by atoms with Crippen molar-refractivity contribution < 1.29 is 9.47 Å². The number of hydrogen-bond acceptors (Lipinski definition) is 2. The third-order valence-electron chi connectivity index (χ3n) is 3.44. The smallest absolute Gasteiger partial charge is 0.204 e. The standard InChI is InChI=1S/C20H25ClO2/c1-5-6-13-22-19-14-17(15-7-9-16(21)10-8-15)18(23-19)11-12-20(2,3)4/h7-10,19H,5-6,13-14H2,1-4H3. The molecule has 0 bridgehead atoms. The molecule has 0 aromatic heterocycles. The summed E-state index contributed by atoms with van der Waals surface area (Å²) < 4.78 is 11.8. The van der Waals surface area contributed by atoms with Crippen molar-refractivity contribution in [2.24, 2.45) is 5.41 Å². The fraction of sp³-hybridized carbons (Fsp3) is 0.500. The van der Waals surface area contributed by atoms with Crippen LogP contribution in [0.1, 0.15) is 52.5 Å². The summed E-state index contributed by atoms with van der Waals surface area (Å²) in [5, 5.41) is 0.728. The van der Waals surface area contributed by atoms with Crippen LogP contribution < -0.4 is 0 Å². The van der Waals surface area contributed by atoms with Crippen LogP contribution in [0.15, 0.2) is 30.0 Å². The zero-order valence-corrected chi connectivity index (χ0v) is 15.2. The minimum Gasteiger partial charge on any atom is -0.456 e. The van der Waals surface area contributed by atoms with Crippen LogP contribution in [0, 0.1) is 17.3 Å². The normalized spacial score (nSPS) is 17.7. The molecule has 0 spiro atoms. The summed E-state index contributed by atoms with van der Waals surface area (Å²) in [6, 6.07) is 7.80. The van der Waals surface area contributed by atoms with Crippen molar-refractivity contribution in [3.05, 3.63) is 40.6 Å².